The lowest BCUT2D eigenvalue weighted by atomic mass is 10.1. The molecule has 0 radical (unpaired) electrons. The Bertz CT molecular complexity index is 172. The van der Waals surface area contributed by atoms with Crippen LogP contribution in [0.5, 0.6) is 0 Å². The SMILES string of the molecule is CCC(C)(SC(C)(C)C)C(=O)O. The van der Waals surface area contributed by atoms with Crippen LogP contribution in [0.1, 0.15) is 41.0 Å². The first kappa shape index (κ1) is 11.8. The third-order valence-corrected chi connectivity index (χ3v) is 3.18. The Kier molecular flexibility index (Phi) is 3.63. The fourth-order valence-corrected chi connectivity index (χ4v) is 2.53. The summed E-state index contributed by atoms with van der Waals surface area (Å²) in [4.78, 5) is 10.9. The monoisotopic (exact) mass is 190 g/mol. The Morgan fingerprint density at radius 2 is 1.75 bits per heavy atom. The first-order chi connectivity index (χ1) is 5.21. The Hall–Kier alpha value is -0.180. The highest BCUT2D eigenvalue weighted by Gasteiger charge is 2.35. The third kappa shape index (κ3) is 3.48. The Labute approximate surface area is 78.7 Å². The summed E-state index contributed by atoms with van der Waals surface area (Å²) in [5, 5.41) is 8.98. The molecular formula is C9H18O2S. The van der Waals surface area contributed by atoms with Crippen molar-refractivity contribution in [2.45, 2.75) is 50.5 Å². The molecule has 0 spiro atoms. The summed E-state index contributed by atoms with van der Waals surface area (Å²) in [6, 6.07) is 0. The number of hydrogen-bond donors (Lipinski definition) is 1. The van der Waals surface area contributed by atoms with E-state index in [0.717, 1.165) is 0 Å². The lowest BCUT2D eigenvalue weighted by Crippen LogP contribution is -2.34. The number of aliphatic carboxylic acids is 1. The van der Waals surface area contributed by atoms with Crippen molar-refractivity contribution in [3.05, 3.63) is 0 Å². The maximum absolute atomic E-state index is 10.9. The van der Waals surface area contributed by atoms with Crippen molar-refractivity contribution in [2.75, 3.05) is 0 Å². The highest BCUT2D eigenvalue weighted by molar-refractivity contribution is 8.02. The molecule has 0 saturated heterocycles. The number of carboxylic acids is 1. The molecule has 0 aliphatic heterocycles. The van der Waals surface area contributed by atoms with E-state index >= 15 is 0 Å². The van der Waals surface area contributed by atoms with E-state index in [1.54, 1.807) is 6.92 Å². The van der Waals surface area contributed by atoms with Crippen LogP contribution in [0.3, 0.4) is 0 Å². The zero-order valence-corrected chi connectivity index (χ0v) is 9.29. The largest absolute Gasteiger partial charge is 0.480 e. The molecular weight excluding hydrogens is 172 g/mol. The maximum atomic E-state index is 10.9. The molecule has 0 aliphatic carbocycles. The minimum absolute atomic E-state index is 0.00313. The number of rotatable bonds is 3. The van der Waals surface area contributed by atoms with Gasteiger partial charge in [0.25, 0.3) is 0 Å². The van der Waals surface area contributed by atoms with Gasteiger partial charge in [0.2, 0.25) is 0 Å². The second kappa shape index (κ2) is 3.69. The molecule has 0 fully saturated rings. The maximum Gasteiger partial charge on any atom is 0.319 e. The van der Waals surface area contributed by atoms with Crippen molar-refractivity contribution in [2.24, 2.45) is 0 Å². The minimum atomic E-state index is -0.718. The van der Waals surface area contributed by atoms with Crippen molar-refractivity contribution >= 4 is 17.7 Å². The quantitative estimate of drug-likeness (QED) is 0.743. The Morgan fingerprint density at radius 1 is 1.33 bits per heavy atom. The molecule has 0 aliphatic rings. The highest BCUT2D eigenvalue weighted by atomic mass is 32.2. The van der Waals surface area contributed by atoms with Crippen molar-refractivity contribution in [3.8, 4) is 0 Å². The van der Waals surface area contributed by atoms with Crippen molar-refractivity contribution < 1.29 is 9.90 Å². The molecule has 1 N–H and O–H groups in total. The van der Waals surface area contributed by atoms with Gasteiger partial charge in [-0.3, -0.25) is 4.79 Å². The zero-order chi connectivity index (χ0) is 9.99. The average molecular weight is 190 g/mol. The molecule has 1 atom stereocenters. The number of thioether (sulfide) groups is 1. The topological polar surface area (TPSA) is 37.3 Å². The second-order valence-electron chi connectivity index (χ2n) is 4.10. The molecule has 0 heterocycles. The number of carbonyl (C=O) groups is 1. The van der Waals surface area contributed by atoms with Gasteiger partial charge in [-0.05, 0) is 13.3 Å². The molecule has 0 rings (SSSR count). The third-order valence-electron chi connectivity index (χ3n) is 1.66. The average Bonchev–Trinajstić information content (AvgIpc) is 1.83. The van der Waals surface area contributed by atoms with Gasteiger partial charge in [0, 0.05) is 4.75 Å². The summed E-state index contributed by atoms with van der Waals surface area (Å²) in [6.45, 7) is 9.80. The van der Waals surface area contributed by atoms with E-state index in [1.807, 2.05) is 27.7 Å². The molecule has 0 amide bonds. The lowest BCUT2D eigenvalue weighted by molar-refractivity contribution is -0.139. The van der Waals surface area contributed by atoms with E-state index in [1.165, 1.54) is 11.8 Å². The van der Waals surface area contributed by atoms with Crippen LogP contribution in [0.4, 0.5) is 0 Å². The van der Waals surface area contributed by atoms with E-state index in [-0.39, 0.29) is 4.75 Å². The first-order valence-electron chi connectivity index (χ1n) is 4.15. The fraction of sp³-hybridized carbons (Fsp3) is 0.889. The van der Waals surface area contributed by atoms with Gasteiger partial charge in [-0.1, -0.05) is 27.7 Å². The van der Waals surface area contributed by atoms with Crippen LogP contribution in [-0.4, -0.2) is 20.6 Å². The smallest absolute Gasteiger partial charge is 0.319 e. The zero-order valence-electron chi connectivity index (χ0n) is 8.47. The molecule has 12 heavy (non-hydrogen) atoms. The van der Waals surface area contributed by atoms with Crippen LogP contribution in [0.25, 0.3) is 0 Å². The summed E-state index contributed by atoms with van der Waals surface area (Å²) in [5.41, 5.74) is 0. The first-order valence-corrected chi connectivity index (χ1v) is 4.96. The number of carboxylic acid groups (broad SMARTS) is 1. The summed E-state index contributed by atoms with van der Waals surface area (Å²) in [5.74, 6) is -0.718. The van der Waals surface area contributed by atoms with Gasteiger partial charge < -0.3 is 5.11 Å². The van der Waals surface area contributed by atoms with E-state index in [4.69, 9.17) is 5.11 Å². The van der Waals surface area contributed by atoms with Crippen LogP contribution in [0.2, 0.25) is 0 Å². The van der Waals surface area contributed by atoms with Crippen LogP contribution in [-0.2, 0) is 4.79 Å². The minimum Gasteiger partial charge on any atom is -0.480 e. The predicted molar refractivity (Wildman–Crippen MR) is 53.7 cm³/mol. The van der Waals surface area contributed by atoms with Gasteiger partial charge in [-0.25, -0.2) is 0 Å². The van der Waals surface area contributed by atoms with Crippen molar-refractivity contribution in [3.63, 3.8) is 0 Å². The normalized spacial score (nSPS) is 17.1. The van der Waals surface area contributed by atoms with E-state index < -0.39 is 10.7 Å². The van der Waals surface area contributed by atoms with Gasteiger partial charge in [-0.15, -0.1) is 11.8 Å². The van der Waals surface area contributed by atoms with Gasteiger partial charge in [0.15, 0.2) is 0 Å². The molecule has 3 heteroatoms. The molecule has 0 aromatic carbocycles. The molecule has 0 bridgehead atoms. The van der Waals surface area contributed by atoms with Crippen LogP contribution < -0.4 is 0 Å². The second-order valence-corrected chi connectivity index (χ2v) is 6.43. The summed E-state index contributed by atoms with van der Waals surface area (Å²) in [7, 11) is 0. The molecule has 0 aromatic heterocycles. The molecule has 0 saturated carbocycles. The van der Waals surface area contributed by atoms with Gasteiger partial charge in [-0.2, -0.15) is 0 Å². The van der Waals surface area contributed by atoms with Crippen LogP contribution in [0.15, 0.2) is 0 Å². The van der Waals surface area contributed by atoms with Crippen molar-refractivity contribution in [1.29, 1.82) is 0 Å². The van der Waals surface area contributed by atoms with Gasteiger partial charge in [0.05, 0.1) is 0 Å². The molecule has 1 unspecified atom stereocenters. The highest BCUT2D eigenvalue weighted by Crippen LogP contribution is 2.38. The lowest BCUT2D eigenvalue weighted by Gasteiger charge is -2.30. The van der Waals surface area contributed by atoms with Crippen molar-refractivity contribution in [1.82, 2.24) is 0 Å². The summed E-state index contributed by atoms with van der Waals surface area (Å²) in [6.07, 6.45) is 0.657. The standard InChI is InChI=1S/C9H18O2S/c1-6-9(5,7(10)11)12-8(2,3)4/h6H2,1-5H3,(H,10,11). The molecule has 0 aromatic rings. The predicted octanol–water partition coefficient (Wildman–Crippen LogP) is 2.77. The molecule has 2 nitrogen and oxygen atoms in total. The van der Waals surface area contributed by atoms with E-state index in [0.29, 0.717) is 6.42 Å². The summed E-state index contributed by atoms with van der Waals surface area (Å²) < 4.78 is -0.638. The van der Waals surface area contributed by atoms with Crippen LogP contribution >= 0.6 is 11.8 Å². The number of hydrogen-bond acceptors (Lipinski definition) is 2. The van der Waals surface area contributed by atoms with Gasteiger partial charge >= 0.3 is 5.97 Å². The Balaban J connectivity index is 4.46. The Morgan fingerprint density at radius 3 is 1.83 bits per heavy atom. The summed E-state index contributed by atoms with van der Waals surface area (Å²) >= 11 is 1.51. The van der Waals surface area contributed by atoms with Gasteiger partial charge in [0.1, 0.15) is 4.75 Å². The van der Waals surface area contributed by atoms with E-state index in [2.05, 4.69) is 0 Å². The van der Waals surface area contributed by atoms with E-state index in [9.17, 15) is 4.79 Å². The molecule has 72 valence electrons. The fourth-order valence-electron chi connectivity index (χ4n) is 0.943. The van der Waals surface area contributed by atoms with Crippen LogP contribution in [0, 0.1) is 0 Å².